The maximum atomic E-state index is 16.3. The Hall–Kier alpha value is -8.37. The standard InChI is InChI=1S/C49H44FN9O9/c1-56-22-30-14-15-59(38(30)24-56)43-34(31-16-32-44(61)35(23-57(2)46(32)53-19-31)47(62)65-25-28-10-6-4-7-11-28)20-52-45-41(43)40-33(18-51)36(50)17-37(42(40)55-45)58(3)49(64)68-27-67-39(60)21-54-48(63)66-26-29-12-8-5-9-13-29/h4-13,16-17,19-20,23,30,38H,14-15,21-22,24-27H2,1-3H3,(H,52,55)(H,54,63)/t30-,38+/m0/s1. The van der Waals surface area contributed by atoms with Crippen molar-refractivity contribution in [1.29, 1.82) is 5.26 Å². The van der Waals surface area contributed by atoms with Gasteiger partial charge in [0.15, 0.2) is 0 Å². The van der Waals surface area contributed by atoms with Crippen molar-refractivity contribution in [2.45, 2.75) is 25.7 Å². The number of benzene rings is 3. The number of aromatic amines is 1. The number of alkyl carbamates (subject to hydrolysis) is 1. The fourth-order valence-corrected chi connectivity index (χ4v) is 9.07. The third-order valence-electron chi connectivity index (χ3n) is 12.3. The molecule has 2 amide bonds. The van der Waals surface area contributed by atoms with Crippen molar-refractivity contribution in [2.75, 3.05) is 56.9 Å². The molecule has 2 aliphatic heterocycles. The zero-order valence-electron chi connectivity index (χ0n) is 37.2. The number of carbonyl (C=O) groups excluding carboxylic acids is 4. The van der Waals surface area contributed by atoms with Gasteiger partial charge in [0.2, 0.25) is 12.2 Å². The number of pyridine rings is 3. The molecule has 18 nitrogen and oxygen atoms in total. The van der Waals surface area contributed by atoms with Crippen molar-refractivity contribution in [3.05, 3.63) is 130 Å². The molecule has 4 aromatic heterocycles. The van der Waals surface area contributed by atoms with Crippen molar-refractivity contribution in [1.82, 2.24) is 29.7 Å². The van der Waals surface area contributed by atoms with Gasteiger partial charge in [0.05, 0.1) is 33.2 Å². The fourth-order valence-electron chi connectivity index (χ4n) is 9.07. The maximum Gasteiger partial charge on any atom is 0.416 e. The monoisotopic (exact) mass is 921 g/mol. The Morgan fingerprint density at radius 1 is 0.926 bits per heavy atom. The third-order valence-corrected chi connectivity index (χ3v) is 12.3. The minimum absolute atomic E-state index is 0.0106. The Kier molecular flexibility index (Phi) is 12.4. The highest BCUT2D eigenvalue weighted by atomic mass is 19.1. The summed E-state index contributed by atoms with van der Waals surface area (Å²) in [6, 6.07) is 22.8. The van der Waals surface area contributed by atoms with Crippen molar-refractivity contribution in [3.63, 3.8) is 0 Å². The molecule has 346 valence electrons. The van der Waals surface area contributed by atoms with E-state index < -0.39 is 48.7 Å². The predicted octanol–water partition coefficient (Wildman–Crippen LogP) is 6.14. The second kappa shape index (κ2) is 18.9. The summed E-state index contributed by atoms with van der Waals surface area (Å²) in [5, 5.41) is 13.5. The first-order valence-electron chi connectivity index (χ1n) is 21.6. The SMILES string of the molecule is CN1C[C@@H]2CCN(c3c(-c4cnc5c(c4)c(=O)c(C(=O)OCc4ccccc4)cn5C)cnc4[nH]c5c(N(C)C(=O)OCOC(=O)CNC(=O)OCc6ccccc6)cc(F)c(C#N)c5c34)[C@@H]2C1. The number of aryl methyl sites for hydroxylation is 1. The molecule has 2 saturated heterocycles. The zero-order chi connectivity index (χ0) is 47.6. The Balaban J connectivity index is 1.04. The first-order valence-corrected chi connectivity index (χ1v) is 21.6. The van der Waals surface area contributed by atoms with E-state index >= 15 is 4.39 Å². The number of nitrogens with zero attached hydrogens (tertiary/aromatic N) is 7. The molecule has 2 fully saturated rings. The molecule has 19 heteroatoms. The number of esters is 2. The molecule has 0 aliphatic carbocycles. The summed E-state index contributed by atoms with van der Waals surface area (Å²) in [4.78, 5) is 83.6. The molecule has 6 heterocycles. The topological polar surface area (TPSA) is 214 Å². The number of rotatable bonds is 12. The lowest BCUT2D eigenvalue weighted by atomic mass is 9.98. The average molecular weight is 922 g/mol. The van der Waals surface area contributed by atoms with Gasteiger partial charge in [-0.05, 0) is 36.6 Å². The van der Waals surface area contributed by atoms with Crippen LogP contribution in [0.3, 0.4) is 0 Å². The molecular weight excluding hydrogens is 878 g/mol. The van der Waals surface area contributed by atoms with Crippen LogP contribution in [0.15, 0.2) is 96.2 Å². The van der Waals surface area contributed by atoms with Gasteiger partial charge in [-0.1, -0.05) is 60.7 Å². The summed E-state index contributed by atoms with van der Waals surface area (Å²) >= 11 is 0. The van der Waals surface area contributed by atoms with Crippen molar-refractivity contribution < 1.29 is 42.5 Å². The molecule has 2 aliphatic rings. The van der Waals surface area contributed by atoms with Crippen LogP contribution in [0, 0.1) is 23.1 Å². The number of amides is 2. The van der Waals surface area contributed by atoms with E-state index in [4.69, 9.17) is 23.9 Å². The molecule has 9 rings (SSSR count). The van der Waals surface area contributed by atoms with Gasteiger partial charge in [0, 0.05) is 80.9 Å². The second-order valence-corrected chi connectivity index (χ2v) is 16.7. The van der Waals surface area contributed by atoms with Crippen LogP contribution in [0.2, 0.25) is 0 Å². The predicted molar refractivity (Wildman–Crippen MR) is 247 cm³/mol. The number of nitrogens with one attached hydrogen (secondary N) is 2. The van der Waals surface area contributed by atoms with Crippen LogP contribution in [0.5, 0.6) is 0 Å². The zero-order valence-corrected chi connectivity index (χ0v) is 37.2. The molecule has 7 aromatic rings. The van der Waals surface area contributed by atoms with Gasteiger partial charge >= 0.3 is 24.1 Å². The highest BCUT2D eigenvalue weighted by Crippen LogP contribution is 2.47. The normalized spacial score (nSPS) is 15.5. The molecule has 2 atom stereocenters. The minimum Gasteiger partial charge on any atom is -0.457 e. The largest absolute Gasteiger partial charge is 0.457 e. The molecule has 0 bridgehead atoms. The third kappa shape index (κ3) is 8.71. The number of H-pyrrole nitrogens is 1. The molecular formula is C49H44FN9O9. The number of halogens is 1. The Bertz CT molecular complexity index is 3230. The van der Waals surface area contributed by atoms with Gasteiger partial charge in [-0.2, -0.15) is 5.26 Å². The van der Waals surface area contributed by atoms with Crippen LogP contribution in [0.1, 0.15) is 33.5 Å². The molecule has 0 saturated carbocycles. The Labute approximate surface area is 387 Å². The summed E-state index contributed by atoms with van der Waals surface area (Å²) in [7, 11) is 5.05. The van der Waals surface area contributed by atoms with Gasteiger partial charge in [-0.15, -0.1) is 0 Å². The second-order valence-electron chi connectivity index (χ2n) is 16.7. The van der Waals surface area contributed by atoms with E-state index in [1.807, 2.05) is 49.5 Å². The van der Waals surface area contributed by atoms with E-state index in [0.29, 0.717) is 40.3 Å². The highest BCUT2D eigenvalue weighted by Gasteiger charge is 2.42. The molecule has 2 N–H and O–H groups in total. The fraction of sp³-hybridized carbons (Fsp3) is 0.265. The summed E-state index contributed by atoms with van der Waals surface area (Å²) in [6.45, 7) is 0.750. The number of nitriles is 1. The Morgan fingerprint density at radius 3 is 2.37 bits per heavy atom. The molecule has 0 unspecified atom stereocenters. The van der Waals surface area contributed by atoms with E-state index in [-0.39, 0.29) is 58.0 Å². The molecule has 0 spiro atoms. The van der Waals surface area contributed by atoms with Crippen LogP contribution in [0.25, 0.3) is 44.1 Å². The van der Waals surface area contributed by atoms with Gasteiger partial charge in [0.1, 0.15) is 48.5 Å². The lowest BCUT2D eigenvalue weighted by Gasteiger charge is -2.29. The number of hydrogen-bond donors (Lipinski definition) is 2. The van der Waals surface area contributed by atoms with Gasteiger partial charge < -0.3 is 43.6 Å². The number of likely N-dealkylation sites (N-methyl/N-ethyl adjacent to an activating group) is 1. The smallest absolute Gasteiger partial charge is 0.416 e. The highest BCUT2D eigenvalue weighted by molar-refractivity contribution is 6.21. The van der Waals surface area contributed by atoms with E-state index in [1.54, 1.807) is 54.3 Å². The summed E-state index contributed by atoms with van der Waals surface area (Å²) < 4.78 is 38.7. The van der Waals surface area contributed by atoms with E-state index in [2.05, 4.69) is 25.1 Å². The van der Waals surface area contributed by atoms with Crippen LogP contribution in [-0.2, 0) is 44.0 Å². The number of likely N-dealkylation sites (tertiary alicyclic amines) is 1. The first kappa shape index (κ1) is 44.8. The Morgan fingerprint density at radius 2 is 1.65 bits per heavy atom. The quantitative estimate of drug-likeness (QED) is 0.0801. The number of ether oxygens (including phenoxy) is 4. The first-order chi connectivity index (χ1) is 32.9. The summed E-state index contributed by atoms with van der Waals surface area (Å²) in [5.74, 6) is -2.34. The maximum absolute atomic E-state index is 16.3. The van der Waals surface area contributed by atoms with Crippen LogP contribution < -0.4 is 20.5 Å². The van der Waals surface area contributed by atoms with E-state index in [9.17, 15) is 29.2 Å². The summed E-state index contributed by atoms with van der Waals surface area (Å²) in [5.41, 5.74) is 2.87. The van der Waals surface area contributed by atoms with E-state index in [1.165, 1.54) is 13.2 Å². The lowest BCUT2D eigenvalue weighted by molar-refractivity contribution is -0.150. The van der Waals surface area contributed by atoms with Crippen LogP contribution >= 0.6 is 0 Å². The van der Waals surface area contributed by atoms with Crippen LogP contribution in [0.4, 0.5) is 25.4 Å². The van der Waals surface area contributed by atoms with Gasteiger partial charge in [-0.25, -0.2) is 28.7 Å². The van der Waals surface area contributed by atoms with Crippen molar-refractivity contribution in [3.8, 4) is 17.2 Å². The van der Waals surface area contributed by atoms with Crippen molar-refractivity contribution in [2.24, 2.45) is 13.0 Å². The molecule has 68 heavy (non-hydrogen) atoms. The van der Waals surface area contributed by atoms with Crippen molar-refractivity contribution >= 4 is 68.5 Å². The van der Waals surface area contributed by atoms with Gasteiger partial charge in [0.25, 0.3) is 0 Å². The number of hydrogen-bond acceptors (Lipinski definition) is 14. The molecule has 0 radical (unpaired) electrons. The van der Waals surface area contributed by atoms with Gasteiger partial charge in [-0.3, -0.25) is 14.5 Å². The number of anilines is 2. The van der Waals surface area contributed by atoms with E-state index in [0.717, 1.165) is 41.6 Å². The number of aromatic nitrogens is 4. The lowest BCUT2D eigenvalue weighted by Crippen LogP contribution is -2.35. The minimum atomic E-state index is -1.03. The van der Waals surface area contributed by atoms with Crippen LogP contribution in [-0.4, -0.2) is 102 Å². The molecule has 3 aromatic carbocycles. The number of carbonyl (C=O) groups is 4. The summed E-state index contributed by atoms with van der Waals surface area (Å²) in [6.07, 6.45) is 3.59. The number of fused-ring (bicyclic) bond motifs is 5. The average Bonchev–Trinajstić information content (AvgIpc) is 4.05.